The van der Waals surface area contributed by atoms with Crippen LogP contribution in [0.3, 0.4) is 0 Å². The number of rotatable bonds is 3. The Morgan fingerprint density at radius 1 is 1.35 bits per heavy atom. The molecule has 0 fully saturated rings. The van der Waals surface area contributed by atoms with Crippen LogP contribution in [0.25, 0.3) is 11.4 Å². The highest BCUT2D eigenvalue weighted by Gasteiger charge is 2.03. The number of aromatic nitrogens is 2. The van der Waals surface area contributed by atoms with Gasteiger partial charge in [-0.25, -0.2) is 0 Å². The quantitative estimate of drug-likeness (QED) is 0.841. The first-order valence-electron chi connectivity index (χ1n) is 5.22. The SMILES string of the molecule is CCOc1ccc(-c2nc(O)cc(=O)[nH]2)cc1. The summed E-state index contributed by atoms with van der Waals surface area (Å²) in [5.74, 6) is 0.787. The predicted octanol–water partition coefficient (Wildman–Crippen LogP) is 1.54. The van der Waals surface area contributed by atoms with E-state index in [0.717, 1.165) is 11.8 Å². The lowest BCUT2D eigenvalue weighted by Crippen LogP contribution is -2.06. The van der Waals surface area contributed by atoms with Gasteiger partial charge >= 0.3 is 0 Å². The van der Waals surface area contributed by atoms with Crippen LogP contribution < -0.4 is 10.3 Å². The fraction of sp³-hybridized carbons (Fsp3) is 0.167. The van der Waals surface area contributed by atoms with Gasteiger partial charge in [-0.3, -0.25) is 4.79 Å². The summed E-state index contributed by atoms with van der Waals surface area (Å²) in [5.41, 5.74) is 0.322. The van der Waals surface area contributed by atoms with Crippen molar-refractivity contribution in [1.29, 1.82) is 0 Å². The standard InChI is InChI=1S/C12H12N2O3/c1-2-17-9-5-3-8(4-6-9)12-13-10(15)7-11(16)14-12/h3-7H,2H2,1H3,(H2,13,14,15,16). The molecule has 5 heteroatoms. The lowest BCUT2D eigenvalue weighted by molar-refractivity contribution is 0.340. The monoisotopic (exact) mass is 232 g/mol. The van der Waals surface area contributed by atoms with E-state index in [1.165, 1.54) is 0 Å². The summed E-state index contributed by atoms with van der Waals surface area (Å²) in [4.78, 5) is 17.6. The topological polar surface area (TPSA) is 75.2 Å². The third-order valence-electron chi connectivity index (χ3n) is 2.17. The van der Waals surface area contributed by atoms with Crippen molar-refractivity contribution in [2.45, 2.75) is 6.92 Å². The Kier molecular flexibility index (Phi) is 3.09. The molecule has 0 spiro atoms. The molecule has 0 unspecified atom stereocenters. The van der Waals surface area contributed by atoms with E-state index in [1.807, 2.05) is 6.92 Å². The van der Waals surface area contributed by atoms with Crippen LogP contribution in [0, 0.1) is 0 Å². The second-order valence-electron chi connectivity index (χ2n) is 3.41. The second-order valence-corrected chi connectivity index (χ2v) is 3.41. The summed E-state index contributed by atoms with van der Waals surface area (Å²) in [5, 5.41) is 9.24. The van der Waals surface area contributed by atoms with Gasteiger partial charge < -0.3 is 14.8 Å². The third-order valence-corrected chi connectivity index (χ3v) is 2.17. The molecule has 0 saturated carbocycles. The maximum atomic E-state index is 11.2. The third kappa shape index (κ3) is 2.63. The molecule has 0 aliphatic heterocycles. The number of aromatic amines is 1. The first-order chi connectivity index (χ1) is 8.19. The zero-order valence-electron chi connectivity index (χ0n) is 9.30. The maximum absolute atomic E-state index is 11.2. The highest BCUT2D eigenvalue weighted by atomic mass is 16.5. The molecule has 2 rings (SSSR count). The van der Waals surface area contributed by atoms with Gasteiger partial charge in [-0.2, -0.15) is 4.98 Å². The normalized spacial score (nSPS) is 10.2. The first-order valence-corrected chi connectivity index (χ1v) is 5.22. The smallest absolute Gasteiger partial charge is 0.254 e. The Bertz CT molecular complexity index is 561. The number of nitrogens with zero attached hydrogens (tertiary/aromatic N) is 1. The van der Waals surface area contributed by atoms with Crippen molar-refractivity contribution < 1.29 is 9.84 Å². The zero-order chi connectivity index (χ0) is 12.3. The average Bonchev–Trinajstić information content (AvgIpc) is 2.29. The maximum Gasteiger partial charge on any atom is 0.254 e. The Hall–Kier alpha value is -2.30. The van der Waals surface area contributed by atoms with E-state index in [9.17, 15) is 9.90 Å². The van der Waals surface area contributed by atoms with Crippen molar-refractivity contribution in [3.05, 3.63) is 40.7 Å². The van der Waals surface area contributed by atoms with E-state index in [-0.39, 0.29) is 11.4 Å². The van der Waals surface area contributed by atoms with Gasteiger partial charge in [-0.15, -0.1) is 0 Å². The largest absolute Gasteiger partial charge is 0.494 e. The molecule has 0 atom stereocenters. The van der Waals surface area contributed by atoms with Crippen molar-refractivity contribution in [3.8, 4) is 23.0 Å². The Morgan fingerprint density at radius 2 is 2.06 bits per heavy atom. The molecule has 88 valence electrons. The van der Waals surface area contributed by atoms with Crippen LogP contribution >= 0.6 is 0 Å². The lowest BCUT2D eigenvalue weighted by atomic mass is 10.2. The van der Waals surface area contributed by atoms with Crippen LogP contribution in [0.1, 0.15) is 6.92 Å². The average molecular weight is 232 g/mol. The molecule has 1 heterocycles. The highest BCUT2D eigenvalue weighted by molar-refractivity contribution is 5.56. The number of benzene rings is 1. The Labute approximate surface area is 97.7 Å². The van der Waals surface area contributed by atoms with Crippen LogP contribution in [0.2, 0.25) is 0 Å². The Balaban J connectivity index is 2.36. The van der Waals surface area contributed by atoms with E-state index in [4.69, 9.17) is 4.74 Å². The summed E-state index contributed by atoms with van der Waals surface area (Å²) >= 11 is 0. The number of hydrogen-bond acceptors (Lipinski definition) is 4. The zero-order valence-corrected chi connectivity index (χ0v) is 9.30. The van der Waals surface area contributed by atoms with Gasteiger partial charge in [-0.05, 0) is 31.2 Å². The molecular formula is C12H12N2O3. The van der Waals surface area contributed by atoms with E-state index >= 15 is 0 Å². The molecule has 0 saturated heterocycles. The summed E-state index contributed by atoms with van der Waals surface area (Å²) < 4.78 is 5.30. The van der Waals surface area contributed by atoms with Crippen LogP contribution in [-0.2, 0) is 0 Å². The molecule has 0 amide bonds. The molecule has 1 aromatic heterocycles. The van der Waals surface area contributed by atoms with E-state index in [0.29, 0.717) is 18.0 Å². The minimum atomic E-state index is -0.388. The number of ether oxygens (including phenoxy) is 1. The van der Waals surface area contributed by atoms with E-state index in [2.05, 4.69) is 9.97 Å². The van der Waals surface area contributed by atoms with Gasteiger partial charge in [0.1, 0.15) is 11.6 Å². The minimum absolute atomic E-state index is 0.294. The fourth-order valence-corrected chi connectivity index (χ4v) is 1.46. The number of H-pyrrole nitrogens is 1. The molecule has 0 aliphatic carbocycles. The number of hydrogen-bond donors (Lipinski definition) is 2. The van der Waals surface area contributed by atoms with Crippen molar-refractivity contribution in [3.63, 3.8) is 0 Å². The highest BCUT2D eigenvalue weighted by Crippen LogP contribution is 2.19. The summed E-state index contributed by atoms with van der Waals surface area (Å²) in [6.07, 6.45) is 0. The minimum Gasteiger partial charge on any atom is -0.494 e. The predicted molar refractivity (Wildman–Crippen MR) is 63.1 cm³/mol. The molecule has 2 aromatic rings. The van der Waals surface area contributed by atoms with Gasteiger partial charge in [0.2, 0.25) is 5.88 Å². The molecule has 1 aromatic carbocycles. The van der Waals surface area contributed by atoms with Gasteiger partial charge in [0, 0.05) is 5.56 Å². The lowest BCUT2D eigenvalue weighted by Gasteiger charge is -2.04. The van der Waals surface area contributed by atoms with E-state index in [1.54, 1.807) is 24.3 Å². The molecule has 17 heavy (non-hydrogen) atoms. The van der Waals surface area contributed by atoms with Gasteiger partial charge in [0.25, 0.3) is 5.56 Å². The summed E-state index contributed by atoms with van der Waals surface area (Å²) in [6, 6.07) is 8.12. The van der Waals surface area contributed by atoms with Crippen molar-refractivity contribution in [2.24, 2.45) is 0 Å². The number of nitrogens with one attached hydrogen (secondary N) is 1. The van der Waals surface area contributed by atoms with Crippen molar-refractivity contribution in [1.82, 2.24) is 9.97 Å². The van der Waals surface area contributed by atoms with Gasteiger partial charge in [-0.1, -0.05) is 0 Å². The summed E-state index contributed by atoms with van der Waals surface area (Å²) in [6.45, 7) is 2.50. The molecule has 0 bridgehead atoms. The van der Waals surface area contributed by atoms with Crippen LogP contribution in [0.4, 0.5) is 0 Å². The molecule has 5 nitrogen and oxygen atoms in total. The first kappa shape index (κ1) is 11.2. The van der Waals surface area contributed by atoms with Gasteiger partial charge in [0.05, 0.1) is 12.7 Å². The van der Waals surface area contributed by atoms with Crippen molar-refractivity contribution >= 4 is 0 Å². The molecule has 0 aliphatic rings. The number of aromatic hydroxyl groups is 1. The Morgan fingerprint density at radius 3 is 2.65 bits per heavy atom. The van der Waals surface area contributed by atoms with Crippen molar-refractivity contribution in [2.75, 3.05) is 6.61 Å². The summed E-state index contributed by atoms with van der Waals surface area (Å²) in [7, 11) is 0. The molecular weight excluding hydrogens is 220 g/mol. The van der Waals surface area contributed by atoms with Crippen LogP contribution in [-0.4, -0.2) is 21.7 Å². The van der Waals surface area contributed by atoms with Crippen LogP contribution in [0.15, 0.2) is 35.1 Å². The van der Waals surface area contributed by atoms with E-state index < -0.39 is 0 Å². The fourth-order valence-electron chi connectivity index (χ4n) is 1.46. The van der Waals surface area contributed by atoms with Crippen LogP contribution in [0.5, 0.6) is 11.6 Å². The second kappa shape index (κ2) is 4.69. The van der Waals surface area contributed by atoms with Gasteiger partial charge in [0.15, 0.2) is 0 Å². The molecule has 0 radical (unpaired) electrons. The molecule has 2 N–H and O–H groups in total.